The maximum Gasteiger partial charge on any atom is 0.349 e. The Bertz CT molecular complexity index is 736. The Balaban J connectivity index is 2.01. The van der Waals surface area contributed by atoms with Crippen LogP contribution < -0.4 is 11.0 Å². The number of carbonyl (C=O) groups excluding carboxylic acids is 1. The van der Waals surface area contributed by atoms with Crippen molar-refractivity contribution in [1.82, 2.24) is 9.55 Å². The zero-order valence-corrected chi connectivity index (χ0v) is 12.9. The molecule has 1 amide bonds. The molecular weight excluding hydrogens is 302 g/mol. The van der Waals surface area contributed by atoms with Crippen LogP contribution in [0.5, 0.6) is 0 Å². The fourth-order valence-corrected chi connectivity index (χ4v) is 1.95. The molecule has 2 rings (SSSR count). The predicted octanol–water partition coefficient (Wildman–Crippen LogP) is 2.96. The van der Waals surface area contributed by atoms with Crippen LogP contribution in [0, 0.1) is 0 Å². The molecule has 0 bridgehead atoms. The predicted molar refractivity (Wildman–Crippen MR) is 87.9 cm³/mol. The lowest BCUT2D eigenvalue weighted by Gasteiger charge is -2.04. The van der Waals surface area contributed by atoms with Crippen molar-refractivity contribution in [2.45, 2.75) is 19.9 Å². The third-order valence-electron chi connectivity index (χ3n) is 2.89. The number of carbonyl (C=O) groups is 1. The minimum Gasteiger partial charge on any atom is -0.307 e. The molecule has 114 valence electrons. The van der Waals surface area contributed by atoms with E-state index in [0.29, 0.717) is 11.6 Å². The lowest BCUT2D eigenvalue weighted by atomic mass is 10.2. The molecule has 0 aliphatic carbocycles. The maximum atomic E-state index is 11.8. The largest absolute Gasteiger partial charge is 0.349 e. The van der Waals surface area contributed by atoms with Crippen molar-refractivity contribution >= 4 is 29.4 Å². The molecule has 1 N–H and O–H groups in total. The Morgan fingerprint density at radius 2 is 2.05 bits per heavy atom. The van der Waals surface area contributed by atoms with E-state index in [9.17, 15) is 9.59 Å². The average molecular weight is 318 g/mol. The molecule has 0 aliphatic heterocycles. The quantitative estimate of drug-likeness (QED) is 0.862. The molecule has 1 aromatic heterocycles. The zero-order chi connectivity index (χ0) is 15.9. The number of hydrogen-bond acceptors (Lipinski definition) is 3. The van der Waals surface area contributed by atoms with Gasteiger partial charge in [0.2, 0.25) is 5.91 Å². The van der Waals surface area contributed by atoms with Gasteiger partial charge in [0.05, 0.1) is 0 Å². The molecule has 0 fully saturated rings. The molecule has 0 saturated carbocycles. The van der Waals surface area contributed by atoms with E-state index >= 15 is 0 Å². The SMILES string of the molecule is CCCn1ccc(NC(=O)/C=C/c2ccc(Cl)cc2)nc1=O. The molecule has 2 aromatic rings. The number of halogens is 1. The smallest absolute Gasteiger partial charge is 0.307 e. The lowest BCUT2D eigenvalue weighted by molar-refractivity contribution is -0.111. The fraction of sp³-hybridized carbons (Fsp3) is 0.188. The topological polar surface area (TPSA) is 64.0 Å². The van der Waals surface area contributed by atoms with E-state index in [4.69, 9.17) is 11.6 Å². The maximum absolute atomic E-state index is 11.8. The molecule has 0 atom stereocenters. The van der Waals surface area contributed by atoms with Crippen molar-refractivity contribution in [2.75, 3.05) is 5.32 Å². The normalized spacial score (nSPS) is 10.8. The van der Waals surface area contributed by atoms with Gasteiger partial charge in [0, 0.05) is 23.8 Å². The van der Waals surface area contributed by atoms with Crippen molar-refractivity contribution < 1.29 is 4.79 Å². The van der Waals surface area contributed by atoms with Crippen molar-refractivity contribution in [2.24, 2.45) is 0 Å². The summed E-state index contributed by atoms with van der Waals surface area (Å²) in [6, 6.07) is 8.69. The standard InChI is InChI=1S/C16H16ClN3O2/c1-2-10-20-11-9-14(19-16(20)22)18-15(21)8-5-12-3-6-13(17)7-4-12/h3-9,11H,2,10H2,1H3,(H,18,19,21,22)/b8-5+. The summed E-state index contributed by atoms with van der Waals surface area (Å²) >= 11 is 5.79. The van der Waals surface area contributed by atoms with E-state index in [2.05, 4.69) is 10.3 Å². The van der Waals surface area contributed by atoms with Crippen molar-refractivity contribution in [3.05, 3.63) is 63.7 Å². The molecule has 1 aromatic carbocycles. The highest BCUT2D eigenvalue weighted by Gasteiger charge is 2.02. The van der Waals surface area contributed by atoms with E-state index in [1.807, 2.05) is 6.92 Å². The average Bonchev–Trinajstić information content (AvgIpc) is 2.50. The number of benzene rings is 1. The lowest BCUT2D eigenvalue weighted by Crippen LogP contribution is -2.24. The molecule has 1 heterocycles. The Hall–Kier alpha value is -2.40. The summed E-state index contributed by atoms with van der Waals surface area (Å²) in [6.45, 7) is 2.58. The first-order valence-electron chi connectivity index (χ1n) is 6.90. The number of aryl methyl sites for hydroxylation is 1. The second kappa shape index (κ2) is 7.56. The molecule has 0 unspecified atom stereocenters. The minimum absolute atomic E-state index is 0.239. The van der Waals surface area contributed by atoms with Gasteiger partial charge in [-0.15, -0.1) is 0 Å². The van der Waals surface area contributed by atoms with E-state index in [1.54, 1.807) is 42.6 Å². The van der Waals surface area contributed by atoms with Gasteiger partial charge >= 0.3 is 5.69 Å². The van der Waals surface area contributed by atoms with Crippen LogP contribution in [0.4, 0.5) is 5.82 Å². The summed E-state index contributed by atoms with van der Waals surface area (Å²) in [5.41, 5.74) is 0.479. The van der Waals surface area contributed by atoms with Crippen LogP contribution in [0.25, 0.3) is 6.08 Å². The number of nitrogens with zero attached hydrogens (tertiary/aromatic N) is 2. The van der Waals surface area contributed by atoms with Gasteiger partial charge in [0.15, 0.2) is 0 Å². The molecule has 5 nitrogen and oxygen atoms in total. The number of nitrogens with one attached hydrogen (secondary N) is 1. The van der Waals surface area contributed by atoms with Crippen molar-refractivity contribution in [3.63, 3.8) is 0 Å². The summed E-state index contributed by atoms with van der Waals surface area (Å²) in [5.74, 6) is -0.113. The van der Waals surface area contributed by atoms with Crippen LogP contribution >= 0.6 is 11.6 Å². The Morgan fingerprint density at radius 3 is 2.68 bits per heavy atom. The molecule has 0 aliphatic rings. The molecule has 0 saturated heterocycles. The van der Waals surface area contributed by atoms with Gasteiger partial charge in [0.1, 0.15) is 5.82 Å². The van der Waals surface area contributed by atoms with Crippen LogP contribution in [-0.4, -0.2) is 15.5 Å². The first-order chi connectivity index (χ1) is 10.6. The molecular formula is C16H16ClN3O2. The highest BCUT2D eigenvalue weighted by Crippen LogP contribution is 2.10. The second-order valence-electron chi connectivity index (χ2n) is 4.66. The van der Waals surface area contributed by atoms with Gasteiger partial charge < -0.3 is 5.32 Å². The number of hydrogen-bond donors (Lipinski definition) is 1. The summed E-state index contributed by atoms with van der Waals surface area (Å²) in [5, 5.41) is 3.19. The Kier molecular flexibility index (Phi) is 5.49. The van der Waals surface area contributed by atoms with Gasteiger partial charge in [-0.25, -0.2) is 4.79 Å². The van der Waals surface area contributed by atoms with E-state index in [0.717, 1.165) is 12.0 Å². The number of anilines is 1. The summed E-state index contributed by atoms with van der Waals surface area (Å²) < 4.78 is 1.50. The molecule has 22 heavy (non-hydrogen) atoms. The van der Waals surface area contributed by atoms with Crippen LogP contribution in [0.15, 0.2) is 47.4 Å². The minimum atomic E-state index is -0.374. The fourth-order valence-electron chi connectivity index (χ4n) is 1.82. The van der Waals surface area contributed by atoms with E-state index in [-0.39, 0.29) is 17.4 Å². The monoisotopic (exact) mass is 317 g/mol. The third kappa shape index (κ3) is 4.56. The first-order valence-corrected chi connectivity index (χ1v) is 7.28. The third-order valence-corrected chi connectivity index (χ3v) is 3.14. The number of rotatable bonds is 5. The van der Waals surface area contributed by atoms with Gasteiger partial charge in [-0.1, -0.05) is 30.7 Å². The summed E-state index contributed by atoms with van der Waals surface area (Å²) in [7, 11) is 0. The highest BCUT2D eigenvalue weighted by atomic mass is 35.5. The molecule has 6 heteroatoms. The number of aromatic nitrogens is 2. The van der Waals surface area contributed by atoms with Crippen molar-refractivity contribution in [1.29, 1.82) is 0 Å². The second-order valence-corrected chi connectivity index (χ2v) is 5.10. The summed E-state index contributed by atoms with van der Waals surface area (Å²) in [6.07, 6.45) is 5.50. The molecule has 0 radical (unpaired) electrons. The zero-order valence-electron chi connectivity index (χ0n) is 12.1. The molecule has 0 spiro atoms. The van der Waals surface area contributed by atoms with E-state index in [1.165, 1.54) is 10.6 Å². The Labute approximate surface area is 133 Å². The van der Waals surface area contributed by atoms with Crippen LogP contribution in [0.3, 0.4) is 0 Å². The highest BCUT2D eigenvalue weighted by molar-refractivity contribution is 6.30. The van der Waals surface area contributed by atoms with Gasteiger partial charge in [0.25, 0.3) is 0 Å². The van der Waals surface area contributed by atoms with Crippen LogP contribution in [0.1, 0.15) is 18.9 Å². The van der Waals surface area contributed by atoms with Crippen LogP contribution in [-0.2, 0) is 11.3 Å². The Morgan fingerprint density at radius 1 is 1.32 bits per heavy atom. The van der Waals surface area contributed by atoms with Gasteiger partial charge in [-0.2, -0.15) is 4.98 Å². The van der Waals surface area contributed by atoms with Crippen molar-refractivity contribution in [3.8, 4) is 0 Å². The van der Waals surface area contributed by atoms with E-state index < -0.39 is 0 Å². The van der Waals surface area contributed by atoms with Gasteiger partial charge in [-0.3, -0.25) is 9.36 Å². The number of amides is 1. The van der Waals surface area contributed by atoms with Crippen LogP contribution in [0.2, 0.25) is 5.02 Å². The summed E-state index contributed by atoms with van der Waals surface area (Å²) in [4.78, 5) is 27.3. The first kappa shape index (κ1) is 16.0. The van der Waals surface area contributed by atoms with Gasteiger partial charge in [-0.05, 0) is 36.3 Å².